The van der Waals surface area contributed by atoms with Crippen molar-refractivity contribution in [1.82, 2.24) is 0 Å². The van der Waals surface area contributed by atoms with Crippen molar-refractivity contribution in [2.75, 3.05) is 26.4 Å². The summed E-state index contributed by atoms with van der Waals surface area (Å²) < 4.78 is 17.6. The SMILES string of the molecule is CCCCCCCCCCCCCCOCC(COC(=O)CCCCCC(=O)O)OCCCCCCCCCCCCCC. The standard InChI is InChI=1S/C38H74O6/c1-3-5-7-9-11-13-15-17-19-21-23-28-32-42-34-36(35-44-38(41)31-27-25-26-30-37(39)40)43-33-29-24-22-20-18-16-14-12-10-8-6-4-2/h36H,3-35H2,1-2H3,(H,39,40). The number of unbranched alkanes of at least 4 members (excludes halogenated alkanes) is 24. The highest BCUT2D eigenvalue weighted by atomic mass is 16.6. The van der Waals surface area contributed by atoms with Crippen LogP contribution in [0, 0.1) is 0 Å². The van der Waals surface area contributed by atoms with Crippen molar-refractivity contribution >= 4 is 11.9 Å². The Labute approximate surface area is 273 Å². The van der Waals surface area contributed by atoms with E-state index >= 15 is 0 Å². The number of carboxylic acids is 1. The lowest BCUT2D eigenvalue weighted by atomic mass is 10.1. The van der Waals surface area contributed by atoms with Crippen molar-refractivity contribution in [3.8, 4) is 0 Å². The Hall–Kier alpha value is -1.14. The molecule has 0 aliphatic rings. The summed E-state index contributed by atoms with van der Waals surface area (Å²) in [6, 6.07) is 0. The molecule has 6 heteroatoms. The third kappa shape index (κ3) is 35.3. The first kappa shape index (κ1) is 42.9. The van der Waals surface area contributed by atoms with Gasteiger partial charge in [-0.2, -0.15) is 0 Å². The average Bonchev–Trinajstić information content (AvgIpc) is 3.01. The van der Waals surface area contributed by atoms with Crippen LogP contribution >= 0.6 is 0 Å². The van der Waals surface area contributed by atoms with E-state index in [9.17, 15) is 9.59 Å². The Balaban J connectivity index is 4.01. The summed E-state index contributed by atoms with van der Waals surface area (Å²) in [5, 5.41) is 8.74. The van der Waals surface area contributed by atoms with Crippen molar-refractivity contribution in [3.05, 3.63) is 0 Å². The van der Waals surface area contributed by atoms with Gasteiger partial charge in [-0.15, -0.1) is 0 Å². The van der Waals surface area contributed by atoms with Gasteiger partial charge in [0.25, 0.3) is 0 Å². The lowest BCUT2D eigenvalue weighted by Crippen LogP contribution is -2.28. The van der Waals surface area contributed by atoms with E-state index in [2.05, 4.69) is 13.8 Å². The molecule has 6 nitrogen and oxygen atoms in total. The molecule has 0 rings (SSSR count). The van der Waals surface area contributed by atoms with E-state index < -0.39 is 5.97 Å². The Bertz CT molecular complexity index is 596. The Morgan fingerprint density at radius 3 is 1.32 bits per heavy atom. The quantitative estimate of drug-likeness (QED) is 0.0545. The molecule has 1 atom stereocenters. The topological polar surface area (TPSA) is 82.1 Å². The second-order valence-corrected chi connectivity index (χ2v) is 13.0. The Kier molecular flexibility index (Phi) is 35.4. The van der Waals surface area contributed by atoms with Gasteiger partial charge >= 0.3 is 11.9 Å². The number of esters is 1. The molecular weight excluding hydrogens is 552 g/mol. The van der Waals surface area contributed by atoms with E-state index in [1.807, 2.05) is 0 Å². The monoisotopic (exact) mass is 627 g/mol. The van der Waals surface area contributed by atoms with Crippen LogP contribution in [0.25, 0.3) is 0 Å². The van der Waals surface area contributed by atoms with Crippen molar-refractivity contribution in [2.24, 2.45) is 0 Å². The van der Waals surface area contributed by atoms with E-state index in [1.54, 1.807) is 0 Å². The minimum atomic E-state index is -0.788. The lowest BCUT2D eigenvalue weighted by molar-refractivity contribution is -0.150. The number of ether oxygens (including phenoxy) is 3. The van der Waals surface area contributed by atoms with Gasteiger partial charge in [-0.3, -0.25) is 9.59 Å². The number of carboxylic acid groups (broad SMARTS) is 1. The predicted octanol–water partition coefficient (Wildman–Crippen LogP) is 11.4. The first-order valence-corrected chi connectivity index (χ1v) is 19.2. The molecule has 0 aliphatic carbocycles. The van der Waals surface area contributed by atoms with E-state index in [0.29, 0.717) is 32.5 Å². The highest BCUT2D eigenvalue weighted by molar-refractivity contribution is 5.69. The van der Waals surface area contributed by atoms with E-state index in [4.69, 9.17) is 19.3 Å². The molecule has 0 radical (unpaired) electrons. The molecule has 0 saturated heterocycles. The van der Waals surface area contributed by atoms with Gasteiger partial charge in [-0.05, 0) is 25.7 Å². The summed E-state index contributed by atoms with van der Waals surface area (Å²) in [6.07, 6.45) is 33.9. The summed E-state index contributed by atoms with van der Waals surface area (Å²) in [7, 11) is 0. The molecule has 0 aliphatic heterocycles. The normalized spacial score (nSPS) is 12.0. The van der Waals surface area contributed by atoms with Gasteiger partial charge in [-0.1, -0.05) is 162 Å². The second-order valence-electron chi connectivity index (χ2n) is 13.0. The summed E-state index contributed by atoms with van der Waals surface area (Å²) >= 11 is 0. The maximum absolute atomic E-state index is 12.2. The first-order valence-electron chi connectivity index (χ1n) is 19.2. The third-order valence-electron chi connectivity index (χ3n) is 8.50. The van der Waals surface area contributed by atoms with Gasteiger partial charge < -0.3 is 19.3 Å². The van der Waals surface area contributed by atoms with Gasteiger partial charge in [0.15, 0.2) is 0 Å². The number of carbonyl (C=O) groups excluding carboxylic acids is 1. The van der Waals surface area contributed by atoms with Crippen molar-refractivity contribution in [2.45, 2.75) is 206 Å². The third-order valence-corrected chi connectivity index (χ3v) is 8.50. The maximum atomic E-state index is 12.2. The molecule has 0 bridgehead atoms. The molecule has 0 aromatic rings. The molecule has 0 fully saturated rings. The van der Waals surface area contributed by atoms with Crippen LogP contribution in [0.2, 0.25) is 0 Å². The zero-order valence-electron chi connectivity index (χ0n) is 29.4. The molecule has 0 amide bonds. The highest BCUT2D eigenvalue weighted by Crippen LogP contribution is 2.14. The van der Waals surface area contributed by atoms with Crippen LogP contribution in [-0.4, -0.2) is 49.6 Å². The number of carbonyl (C=O) groups is 2. The first-order chi connectivity index (χ1) is 21.6. The fraction of sp³-hybridized carbons (Fsp3) is 0.947. The van der Waals surface area contributed by atoms with Crippen LogP contribution in [0.15, 0.2) is 0 Å². The van der Waals surface area contributed by atoms with Gasteiger partial charge in [0.2, 0.25) is 0 Å². The van der Waals surface area contributed by atoms with E-state index in [1.165, 1.54) is 141 Å². The van der Waals surface area contributed by atoms with Gasteiger partial charge in [0.1, 0.15) is 12.7 Å². The summed E-state index contributed by atoms with van der Waals surface area (Å²) in [4.78, 5) is 22.8. The molecular formula is C38H74O6. The Morgan fingerprint density at radius 1 is 0.477 bits per heavy atom. The Morgan fingerprint density at radius 2 is 0.864 bits per heavy atom. The summed E-state index contributed by atoms with van der Waals surface area (Å²) in [5.74, 6) is -1.02. The average molecular weight is 627 g/mol. The fourth-order valence-corrected chi connectivity index (χ4v) is 5.58. The van der Waals surface area contributed by atoms with Crippen LogP contribution in [0.4, 0.5) is 0 Å². The van der Waals surface area contributed by atoms with Crippen LogP contribution in [0.3, 0.4) is 0 Å². The van der Waals surface area contributed by atoms with Gasteiger partial charge in [-0.25, -0.2) is 0 Å². The van der Waals surface area contributed by atoms with E-state index in [-0.39, 0.29) is 25.1 Å². The molecule has 0 spiro atoms. The molecule has 262 valence electrons. The lowest BCUT2D eigenvalue weighted by Gasteiger charge is -2.18. The molecule has 0 heterocycles. The van der Waals surface area contributed by atoms with Crippen LogP contribution in [0.5, 0.6) is 0 Å². The zero-order chi connectivity index (χ0) is 32.2. The van der Waals surface area contributed by atoms with Crippen LogP contribution in [-0.2, 0) is 23.8 Å². The van der Waals surface area contributed by atoms with Crippen molar-refractivity contribution in [1.29, 1.82) is 0 Å². The molecule has 0 aromatic heterocycles. The predicted molar refractivity (Wildman–Crippen MR) is 184 cm³/mol. The number of aliphatic carboxylic acids is 1. The molecule has 44 heavy (non-hydrogen) atoms. The number of hydrogen-bond acceptors (Lipinski definition) is 5. The van der Waals surface area contributed by atoms with Crippen LogP contribution in [0.1, 0.15) is 200 Å². The van der Waals surface area contributed by atoms with E-state index in [0.717, 1.165) is 25.9 Å². The fourth-order valence-electron chi connectivity index (χ4n) is 5.58. The van der Waals surface area contributed by atoms with Crippen LogP contribution < -0.4 is 0 Å². The summed E-state index contributed by atoms with van der Waals surface area (Å²) in [5.41, 5.74) is 0. The zero-order valence-corrected chi connectivity index (χ0v) is 29.4. The minimum absolute atomic E-state index is 0.153. The second kappa shape index (κ2) is 36.3. The maximum Gasteiger partial charge on any atom is 0.305 e. The number of rotatable bonds is 37. The minimum Gasteiger partial charge on any atom is -0.481 e. The largest absolute Gasteiger partial charge is 0.481 e. The highest BCUT2D eigenvalue weighted by Gasteiger charge is 2.13. The number of hydrogen-bond donors (Lipinski definition) is 1. The molecule has 1 N–H and O–H groups in total. The van der Waals surface area contributed by atoms with Gasteiger partial charge in [0.05, 0.1) is 6.61 Å². The molecule has 0 aromatic carbocycles. The smallest absolute Gasteiger partial charge is 0.305 e. The van der Waals surface area contributed by atoms with Crippen molar-refractivity contribution in [3.63, 3.8) is 0 Å². The van der Waals surface area contributed by atoms with Crippen molar-refractivity contribution < 1.29 is 28.9 Å². The molecule has 0 saturated carbocycles. The summed E-state index contributed by atoms with van der Waals surface area (Å²) in [6.45, 7) is 6.64. The molecule has 1 unspecified atom stereocenters. The van der Waals surface area contributed by atoms with Gasteiger partial charge in [0, 0.05) is 26.1 Å².